The number of hydrogen-bond acceptors (Lipinski definition) is 3. The number of rotatable bonds is 1. The van der Waals surface area contributed by atoms with Crippen molar-refractivity contribution in [1.29, 1.82) is 0 Å². The molecule has 0 aromatic carbocycles. The molecular weight excluding hydrogens is 132 g/mol. The normalized spacial score (nSPS) is 9.56. The van der Waals surface area contributed by atoms with Crippen LogP contribution in [0.1, 0.15) is 9.88 Å². The summed E-state index contributed by atoms with van der Waals surface area (Å²) in [6.45, 7) is 7.36. The van der Waals surface area contributed by atoms with Gasteiger partial charge in [0.2, 0.25) is 0 Å². The lowest BCUT2D eigenvalue weighted by molar-refractivity contribution is 1.25. The molecule has 3 heteroatoms. The van der Waals surface area contributed by atoms with Gasteiger partial charge >= 0.3 is 0 Å². The second kappa shape index (κ2) is 2.27. The molecule has 0 radical (unpaired) electrons. The Hall–Kier alpha value is -0.700. The van der Waals surface area contributed by atoms with Gasteiger partial charge in [0.15, 0.2) is 5.82 Å². The summed E-state index contributed by atoms with van der Waals surface area (Å²) in [6, 6.07) is 0. The van der Waals surface area contributed by atoms with Crippen LogP contribution in [0.5, 0.6) is 0 Å². The van der Waals surface area contributed by atoms with Crippen molar-refractivity contribution in [2.24, 2.45) is 4.99 Å². The standard InChI is InChI=1S/C6H8N2S/c1-4-6(7-3)8-5(2)9-4/h3H2,1-2H3. The minimum Gasteiger partial charge on any atom is -0.244 e. The monoisotopic (exact) mass is 140 g/mol. The molecule has 0 aliphatic heterocycles. The molecule has 2 nitrogen and oxygen atoms in total. The Balaban J connectivity index is 3.15. The number of aromatic nitrogens is 1. The topological polar surface area (TPSA) is 25.2 Å². The third-order valence-electron chi connectivity index (χ3n) is 1.03. The van der Waals surface area contributed by atoms with Crippen molar-refractivity contribution < 1.29 is 0 Å². The van der Waals surface area contributed by atoms with Crippen LogP contribution in [0, 0.1) is 13.8 Å². The first-order valence-corrected chi connectivity index (χ1v) is 3.46. The third kappa shape index (κ3) is 1.16. The van der Waals surface area contributed by atoms with Gasteiger partial charge < -0.3 is 0 Å². The van der Waals surface area contributed by atoms with Crippen molar-refractivity contribution in [1.82, 2.24) is 4.98 Å². The van der Waals surface area contributed by atoms with Crippen molar-refractivity contribution in [3.8, 4) is 0 Å². The molecule has 9 heavy (non-hydrogen) atoms. The first-order chi connectivity index (χ1) is 4.24. The van der Waals surface area contributed by atoms with Crippen molar-refractivity contribution >= 4 is 23.9 Å². The molecule has 1 heterocycles. The second-order valence-electron chi connectivity index (χ2n) is 1.77. The molecule has 0 amide bonds. The lowest BCUT2D eigenvalue weighted by Gasteiger charge is -1.80. The maximum atomic E-state index is 4.12. The Labute approximate surface area is 58.3 Å². The smallest absolute Gasteiger partial charge is 0.165 e. The van der Waals surface area contributed by atoms with Crippen molar-refractivity contribution in [3.05, 3.63) is 9.88 Å². The lowest BCUT2D eigenvalue weighted by atomic mass is 10.6. The fourth-order valence-corrected chi connectivity index (χ4v) is 1.44. The fourth-order valence-electron chi connectivity index (χ4n) is 0.665. The molecule has 1 aromatic heterocycles. The van der Waals surface area contributed by atoms with Gasteiger partial charge in [-0.25, -0.2) is 9.98 Å². The van der Waals surface area contributed by atoms with Gasteiger partial charge in [-0.15, -0.1) is 11.3 Å². The molecule has 0 saturated heterocycles. The zero-order valence-electron chi connectivity index (χ0n) is 5.51. The lowest BCUT2D eigenvalue weighted by Crippen LogP contribution is -1.64. The van der Waals surface area contributed by atoms with E-state index in [2.05, 4.69) is 16.7 Å². The Kier molecular flexibility index (Phi) is 1.62. The minimum absolute atomic E-state index is 0.775. The van der Waals surface area contributed by atoms with E-state index < -0.39 is 0 Å². The number of hydrogen-bond donors (Lipinski definition) is 0. The van der Waals surface area contributed by atoms with Crippen LogP contribution in [0.3, 0.4) is 0 Å². The molecule has 48 valence electrons. The van der Waals surface area contributed by atoms with Crippen LogP contribution in [0.25, 0.3) is 0 Å². The highest BCUT2D eigenvalue weighted by atomic mass is 32.1. The zero-order valence-corrected chi connectivity index (χ0v) is 6.33. The van der Waals surface area contributed by atoms with Crippen LogP contribution in [-0.4, -0.2) is 11.7 Å². The summed E-state index contributed by atoms with van der Waals surface area (Å²) < 4.78 is 0. The SMILES string of the molecule is C=Nc1nc(C)sc1C. The maximum absolute atomic E-state index is 4.12. The van der Waals surface area contributed by atoms with Crippen molar-refractivity contribution in [3.63, 3.8) is 0 Å². The predicted molar refractivity (Wildman–Crippen MR) is 40.8 cm³/mol. The largest absolute Gasteiger partial charge is 0.244 e. The summed E-state index contributed by atoms with van der Waals surface area (Å²) in [4.78, 5) is 9.00. The van der Waals surface area contributed by atoms with Crippen LogP contribution >= 0.6 is 11.3 Å². The molecule has 1 rings (SSSR count). The van der Waals surface area contributed by atoms with Gasteiger partial charge in [0.25, 0.3) is 0 Å². The van der Waals surface area contributed by atoms with Gasteiger partial charge in [-0.2, -0.15) is 0 Å². The second-order valence-corrected chi connectivity index (χ2v) is 3.18. The van der Waals surface area contributed by atoms with Crippen LogP contribution in [0.15, 0.2) is 4.99 Å². The summed E-state index contributed by atoms with van der Waals surface area (Å²) in [5, 5.41) is 1.05. The van der Waals surface area contributed by atoms with Crippen molar-refractivity contribution in [2.45, 2.75) is 13.8 Å². The van der Waals surface area contributed by atoms with E-state index >= 15 is 0 Å². The zero-order chi connectivity index (χ0) is 6.85. The van der Waals surface area contributed by atoms with Gasteiger partial charge in [-0.3, -0.25) is 0 Å². The summed E-state index contributed by atoms with van der Waals surface area (Å²) in [7, 11) is 0. The first-order valence-electron chi connectivity index (χ1n) is 2.65. The van der Waals surface area contributed by atoms with Crippen LogP contribution in [-0.2, 0) is 0 Å². The molecule has 0 bridgehead atoms. The number of aliphatic imine (C=N–C) groups is 1. The van der Waals surface area contributed by atoms with Crippen LogP contribution < -0.4 is 0 Å². The van der Waals surface area contributed by atoms with Gasteiger partial charge in [-0.05, 0) is 20.6 Å². The van der Waals surface area contributed by atoms with Gasteiger partial charge in [-0.1, -0.05) is 0 Å². The van der Waals surface area contributed by atoms with E-state index in [-0.39, 0.29) is 0 Å². The fraction of sp³-hybridized carbons (Fsp3) is 0.333. The Bertz CT molecular complexity index is 227. The molecule has 0 aliphatic carbocycles. The van der Waals surface area contributed by atoms with E-state index in [4.69, 9.17) is 0 Å². The highest BCUT2D eigenvalue weighted by molar-refractivity contribution is 7.11. The molecule has 0 unspecified atom stereocenters. The molecule has 0 aliphatic rings. The van der Waals surface area contributed by atoms with E-state index in [9.17, 15) is 0 Å². The molecule has 0 spiro atoms. The average molecular weight is 140 g/mol. The number of thiazole rings is 1. The van der Waals surface area contributed by atoms with Gasteiger partial charge in [0.1, 0.15) is 0 Å². The van der Waals surface area contributed by atoms with Crippen LogP contribution in [0.2, 0.25) is 0 Å². The molecule has 0 atom stereocenters. The van der Waals surface area contributed by atoms with E-state index in [0.29, 0.717) is 0 Å². The summed E-state index contributed by atoms with van der Waals surface area (Å²) in [6.07, 6.45) is 0. The summed E-state index contributed by atoms with van der Waals surface area (Å²) in [5.74, 6) is 0.775. The minimum atomic E-state index is 0.775. The quantitative estimate of drug-likeness (QED) is 0.548. The Morgan fingerprint density at radius 3 is 2.44 bits per heavy atom. The van der Waals surface area contributed by atoms with E-state index in [1.807, 2.05) is 13.8 Å². The first kappa shape index (κ1) is 6.42. The van der Waals surface area contributed by atoms with Crippen molar-refractivity contribution in [2.75, 3.05) is 0 Å². The molecule has 0 saturated carbocycles. The van der Waals surface area contributed by atoms with E-state index in [0.717, 1.165) is 15.7 Å². The maximum Gasteiger partial charge on any atom is 0.165 e. The summed E-state index contributed by atoms with van der Waals surface area (Å²) >= 11 is 1.65. The van der Waals surface area contributed by atoms with Gasteiger partial charge in [0, 0.05) is 4.88 Å². The molecule has 0 N–H and O–H groups in total. The van der Waals surface area contributed by atoms with Crippen LogP contribution in [0.4, 0.5) is 5.82 Å². The third-order valence-corrected chi connectivity index (χ3v) is 1.90. The number of aryl methyl sites for hydroxylation is 2. The number of nitrogens with zero attached hydrogens (tertiary/aromatic N) is 2. The highest BCUT2D eigenvalue weighted by Gasteiger charge is 1.99. The van der Waals surface area contributed by atoms with Gasteiger partial charge in [0.05, 0.1) is 5.01 Å². The van der Waals surface area contributed by atoms with E-state index in [1.54, 1.807) is 11.3 Å². The average Bonchev–Trinajstić information content (AvgIpc) is 2.10. The predicted octanol–water partition coefficient (Wildman–Crippen LogP) is 2.09. The molecule has 0 fully saturated rings. The molecular formula is C6H8N2S. The van der Waals surface area contributed by atoms with E-state index in [1.165, 1.54) is 0 Å². The highest BCUT2D eigenvalue weighted by Crippen LogP contribution is 2.22. The Morgan fingerprint density at radius 2 is 2.22 bits per heavy atom. The summed E-state index contributed by atoms with van der Waals surface area (Å²) in [5.41, 5.74) is 0. The molecule has 1 aromatic rings. The Morgan fingerprint density at radius 1 is 1.56 bits per heavy atom.